The summed E-state index contributed by atoms with van der Waals surface area (Å²) < 4.78 is 4.19. The van der Waals surface area contributed by atoms with Gasteiger partial charge in [0.05, 0.1) is 22.6 Å². The smallest absolute Gasteiger partial charge is 0.250 e. The van der Waals surface area contributed by atoms with Crippen LogP contribution >= 0.6 is 11.5 Å². The van der Waals surface area contributed by atoms with Crippen molar-refractivity contribution in [2.75, 3.05) is 10.3 Å². The molecule has 2 aromatic rings. The van der Waals surface area contributed by atoms with E-state index in [4.69, 9.17) is 11.6 Å². The first-order chi connectivity index (χ1) is 10.9. The summed E-state index contributed by atoms with van der Waals surface area (Å²) in [6, 6.07) is 6.75. The van der Waals surface area contributed by atoms with Crippen LogP contribution in [0.25, 0.3) is 0 Å². The van der Waals surface area contributed by atoms with Crippen LogP contribution in [0.4, 0.5) is 16.4 Å². The molecular weight excluding hydrogens is 314 g/mol. The third-order valence-electron chi connectivity index (χ3n) is 3.36. The van der Waals surface area contributed by atoms with Crippen molar-refractivity contribution in [2.24, 2.45) is 11.6 Å². The van der Waals surface area contributed by atoms with E-state index in [1.165, 1.54) is 16.5 Å². The van der Waals surface area contributed by atoms with Crippen molar-refractivity contribution in [3.05, 3.63) is 35.5 Å². The number of hydrogen-bond acceptors (Lipinski definition) is 7. The number of primary amides is 1. The highest BCUT2D eigenvalue weighted by molar-refractivity contribution is 7.10. The van der Waals surface area contributed by atoms with E-state index in [9.17, 15) is 9.59 Å². The zero-order chi connectivity index (χ0) is 17.0. The van der Waals surface area contributed by atoms with E-state index in [2.05, 4.69) is 9.69 Å². The van der Waals surface area contributed by atoms with E-state index in [-0.39, 0.29) is 6.04 Å². The predicted molar refractivity (Wildman–Crippen MR) is 91.9 cm³/mol. The maximum absolute atomic E-state index is 11.6. The highest BCUT2D eigenvalue weighted by Gasteiger charge is 2.15. The number of aryl methyl sites for hydroxylation is 1. The molecular formula is C15H19N5O2S. The summed E-state index contributed by atoms with van der Waals surface area (Å²) >= 11 is 1.29. The first-order valence-corrected chi connectivity index (χ1v) is 7.81. The van der Waals surface area contributed by atoms with Gasteiger partial charge in [0.2, 0.25) is 0 Å². The second kappa shape index (κ2) is 7.21. The van der Waals surface area contributed by atoms with Crippen LogP contribution in [0.3, 0.4) is 0 Å². The van der Waals surface area contributed by atoms with Crippen molar-refractivity contribution in [3.8, 4) is 0 Å². The number of carbonyl (C=O) groups is 2. The minimum atomic E-state index is -0.537. The minimum absolute atomic E-state index is 0.162. The number of nitrogens with one attached hydrogen (secondary N) is 1. The van der Waals surface area contributed by atoms with Crippen LogP contribution in [-0.4, -0.2) is 22.6 Å². The Morgan fingerprint density at radius 1 is 1.48 bits per heavy atom. The monoisotopic (exact) mass is 333 g/mol. The fraction of sp³-hybridized carbons (Fsp3) is 0.267. The number of amides is 1. The largest absolute Gasteiger partial charge is 0.366 e. The molecule has 0 spiro atoms. The average molecular weight is 333 g/mol. The zero-order valence-corrected chi connectivity index (χ0v) is 13.8. The molecule has 1 aromatic carbocycles. The summed E-state index contributed by atoms with van der Waals surface area (Å²) in [5.74, 6) is 5.50. The number of hydrazine groups is 1. The Kier molecular flexibility index (Phi) is 5.30. The molecule has 0 bridgehead atoms. The number of nitrogens with zero attached hydrogens (tertiary/aromatic N) is 2. The van der Waals surface area contributed by atoms with Gasteiger partial charge in [-0.05, 0) is 49.6 Å². The van der Waals surface area contributed by atoms with E-state index >= 15 is 0 Å². The molecule has 23 heavy (non-hydrogen) atoms. The van der Waals surface area contributed by atoms with Crippen molar-refractivity contribution in [1.82, 2.24) is 4.37 Å². The summed E-state index contributed by atoms with van der Waals surface area (Å²) in [6.07, 6.45) is 1.13. The number of aldehydes is 1. The molecule has 1 aromatic heterocycles. The molecule has 0 saturated heterocycles. The van der Waals surface area contributed by atoms with Gasteiger partial charge in [-0.25, -0.2) is 5.84 Å². The molecule has 122 valence electrons. The summed E-state index contributed by atoms with van der Waals surface area (Å²) in [7, 11) is 0. The molecule has 5 N–H and O–H groups in total. The first kappa shape index (κ1) is 16.9. The third kappa shape index (κ3) is 4.05. The number of anilines is 3. The number of nitrogens with two attached hydrogens (primary N) is 2. The number of benzene rings is 1. The first-order valence-electron chi connectivity index (χ1n) is 7.04. The highest BCUT2D eigenvalue weighted by Crippen LogP contribution is 2.28. The molecule has 7 nitrogen and oxygen atoms in total. The zero-order valence-electron chi connectivity index (χ0n) is 12.9. The minimum Gasteiger partial charge on any atom is -0.366 e. The molecule has 2 rings (SSSR count). The Hall–Kier alpha value is -2.45. The van der Waals surface area contributed by atoms with Gasteiger partial charge in [0.15, 0.2) is 0 Å². The highest BCUT2D eigenvalue weighted by atomic mass is 32.1. The lowest BCUT2D eigenvalue weighted by atomic mass is 10.1. The molecule has 0 saturated carbocycles. The van der Waals surface area contributed by atoms with E-state index < -0.39 is 5.91 Å². The Morgan fingerprint density at radius 3 is 2.78 bits per heavy atom. The molecule has 0 aliphatic rings. The maximum atomic E-state index is 11.6. The van der Waals surface area contributed by atoms with Gasteiger partial charge in [0, 0.05) is 12.5 Å². The fourth-order valence-electron chi connectivity index (χ4n) is 2.07. The van der Waals surface area contributed by atoms with Crippen molar-refractivity contribution in [3.63, 3.8) is 0 Å². The van der Waals surface area contributed by atoms with Gasteiger partial charge in [0.25, 0.3) is 5.91 Å². The Balaban J connectivity index is 2.35. The normalized spacial score (nSPS) is 11.8. The van der Waals surface area contributed by atoms with E-state index in [1.54, 1.807) is 18.2 Å². The summed E-state index contributed by atoms with van der Waals surface area (Å²) in [4.78, 5) is 22.3. The molecule has 8 heteroatoms. The number of hydrogen-bond donors (Lipinski definition) is 3. The standard InChI is InChI=1S/C15H19N5O2S/c1-9-7-14(23-19-9)18-13-8-11(3-4-12(13)15(16)22)20(17)10(2)5-6-21/h3-4,6-8,10,18H,5,17H2,1-2H3,(H2,16,22)/t10-/m1/s1. The van der Waals surface area contributed by atoms with Crippen molar-refractivity contribution in [2.45, 2.75) is 26.3 Å². The van der Waals surface area contributed by atoms with Gasteiger partial charge in [-0.15, -0.1) is 0 Å². The van der Waals surface area contributed by atoms with Crippen LogP contribution in [0.1, 0.15) is 29.4 Å². The van der Waals surface area contributed by atoms with E-state index in [0.717, 1.165) is 17.0 Å². The summed E-state index contributed by atoms with van der Waals surface area (Å²) in [6.45, 7) is 3.73. The number of rotatable bonds is 7. The molecule has 0 aliphatic carbocycles. The quantitative estimate of drug-likeness (QED) is 0.405. The van der Waals surface area contributed by atoms with Gasteiger partial charge in [-0.1, -0.05) is 0 Å². The van der Waals surface area contributed by atoms with Crippen LogP contribution in [0.2, 0.25) is 0 Å². The fourth-order valence-corrected chi connectivity index (χ4v) is 2.75. The van der Waals surface area contributed by atoms with Crippen LogP contribution in [0.15, 0.2) is 24.3 Å². The molecule has 0 aliphatic heterocycles. The average Bonchev–Trinajstić information content (AvgIpc) is 2.91. The maximum Gasteiger partial charge on any atom is 0.250 e. The third-order valence-corrected chi connectivity index (χ3v) is 4.16. The van der Waals surface area contributed by atoms with Crippen LogP contribution < -0.4 is 21.9 Å². The lowest BCUT2D eigenvalue weighted by Gasteiger charge is -2.25. The molecule has 0 radical (unpaired) electrons. The molecule has 0 unspecified atom stereocenters. The molecule has 1 heterocycles. The molecule has 1 amide bonds. The SMILES string of the molecule is Cc1cc(Nc2cc(N(N)[C@H](C)CC=O)ccc2C(N)=O)sn1. The van der Waals surface area contributed by atoms with Crippen LogP contribution in [0.5, 0.6) is 0 Å². The predicted octanol–water partition coefficient (Wildman–Crippen LogP) is 1.95. The van der Waals surface area contributed by atoms with Crippen molar-refractivity contribution >= 4 is 40.1 Å². The van der Waals surface area contributed by atoms with Gasteiger partial charge in [0.1, 0.15) is 11.3 Å². The van der Waals surface area contributed by atoms with Gasteiger partial charge in [-0.3, -0.25) is 4.79 Å². The van der Waals surface area contributed by atoms with Crippen molar-refractivity contribution in [1.29, 1.82) is 0 Å². The summed E-state index contributed by atoms with van der Waals surface area (Å²) in [5.41, 5.74) is 7.89. The lowest BCUT2D eigenvalue weighted by molar-refractivity contribution is -0.108. The van der Waals surface area contributed by atoms with Crippen molar-refractivity contribution < 1.29 is 9.59 Å². The topological polar surface area (TPSA) is 114 Å². The second-order valence-corrected chi connectivity index (χ2v) is 6.02. The molecule has 0 fully saturated rings. The van der Waals surface area contributed by atoms with E-state index in [1.807, 2.05) is 19.9 Å². The Morgan fingerprint density at radius 2 is 2.22 bits per heavy atom. The summed E-state index contributed by atoms with van der Waals surface area (Å²) in [5, 5.41) is 5.43. The van der Waals surface area contributed by atoms with E-state index in [0.29, 0.717) is 23.4 Å². The lowest BCUT2D eigenvalue weighted by Crippen LogP contribution is -2.39. The number of aromatic nitrogens is 1. The van der Waals surface area contributed by atoms with Gasteiger partial charge in [-0.2, -0.15) is 4.37 Å². The Labute approximate surface area is 138 Å². The van der Waals surface area contributed by atoms with Crippen LogP contribution in [-0.2, 0) is 4.79 Å². The second-order valence-electron chi connectivity index (χ2n) is 5.21. The van der Waals surface area contributed by atoms with Gasteiger partial charge >= 0.3 is 0 Å². The van der Waals surface area contributed by atoms with Gasteiger partial charge < -0.3 is 20.9 Å². The Bertz CT molecular complexity index is 716. The van der Waals surface area contributed by atoms with Crippen LogP contribution in [0, 0.1) is 6.92 Å². The molecule has 1 atom stereocenters. The number of carbonyl (C=O) groups excluding carboxylic acids is 2.